The Balaban J connectivity index is 0.00000261. The molecule has 0 saturated carbocycles. The van der Waals surface area contributed by atoms with Crippen LogP contribution in [0.4, 0.5) is 18.3 Å². The van der Waals surface area contributed by atoms with Crippen LogP contribution in [0.1, 0.15) is 28.8 Å². The number of nitrogens with zero attached hydrogens (tertiary/aromatic N) is 1. The smallest absolute Gasteiger partial charge is 0.381 e. The van der Waals surface area contributed by atoms with E-state index in [2.05, 4.69) is 10.3 Å². The fraction of sp³-hybridized carbons (Fsp3) is 0.412. The highest BCUT2D eigenvalue weighted by Gasteiger charge is 2.36. The number of anilines is 1. The fourth-order valence-electron chi connectivity index (χ4n) is 2.64. The Labute approximate surface area is 164 Å². The number of hydrogen-bond acceptors (Lipinski definition) is 5. The average molecular weight is 422 g/mol. The quantitative estimate of drug-likeness (QED) is 0.790. The number of aromatic nitrogens is 1. The molecule has 148 valence electrons. The zero-order chi connectivity index (χ0) is 18.8. The normalized spacial score (nSPS) is 16.4. The van der Waals surface area contributed by atoms with Gasteiger partial charge in [-0.25, -0.2) is 4.98 Å². The molecule has 2 aromatic rings. The average Bonchev–Trinajstić information content (AvgIpc) is 3.02. The monoisotopic (exact) mass is 421 g/mol. The Hall–Kier alpha value is -1.68. The van der Waals surface area contributed by atoms with Crippen LogP contribution in [0.5, 0.6) is 0 Å². The molecule has 10 heteroatoms. The molecular weight excluding hydrogens is 403 g/mol. The SMILES string of the molecule is Cl.NC1(C(=O)Nc2ncc(Cc3ccc(C(F)(F)F)cc3)s2)CCOCC1. The van der Waals surface area contributed by atoms with Crippen molar-refractivity contribution >= 4 is 34.8 Å². The molecule has 0 aliphatic carbocycles. The van der Waals surface area contributed by atoms with Gasteiger partial charge in [0.25, 0.3) is 0 Å². The van der Waals surface area contributed by atoms with Crippen LogP contribution >= 0.6 is 23.7 Å². The lowest BCUT2D eigenvalue weighted by Gasteiger charge is -2.31. The summed E-state index contributed by atoms with van der Waals surface area (Å²) in [5.74, 6) is -0.295. The van der Waals surface area contributed by atoms with Crippen LogP contribution in [0, 0.1) is 0 Å². The van der Waals surface area contributed by atoms with Crippen molar-refractivity contribution in [3.05, 3.63) is 46.5 Å². The maximum Gasteiger partial charge on any atom is 0.416 e. The van der Waals surface area contributed by atoms with Crippen LogP contribution in [-0.4, -0.2) is 29.6 Å². The Morgan fingerprint density at radius 3 is 2.48 bits per heavy atom. The second kappa shape index (κ2) is 8.55. The molecule has 3 N–H and O–H groups in total. The van der Waals surface area contributed by atoms with Crippen molar-refractivity contribution in [2.24, 2.45) is 5.73 Å². The van der Waals surface area contributed by atoms with E-state index in [9.17, 15) is 18.0 Å². The number of thiazole rings is 1. The summed E-state index contributed by atoms with van der Waals surface area (Å²) in [6.45, 7) is 0.891. The zero-order valence-electron chi connectivity index (χ0n) is 14.2. The molecule has 1 aromatic heterocycles. The molecule has 5 nitrogen and oxygen atoms in total. The van der Waals surface area contributed by atoms with Crippen molar-refractivity contribution in [2.45, 2.75) is 31.0 Å². The van der Waals surface area contributed by atoms with Crippen molar-refractivity contribution in [2.75, 3.05) is 18.5 Å². The van der Waals surface area contributed by atoms with Gasteiger partial charge in [-0.15, -0.1) is 23.7 Å². The number of benzene rings is 1. The van der Waals surface area contributed by atoms with Gasteiger partial charge in [-0.2, -0.15) is 13.2 Å². The molecule has 0 radical (unpaired) electrons. The van der Waals surface area contributed by atoms with Crippen LogP contribution in [-0.2, 0) is 22.1 Å². The third-order valence-corrected chi connectivity index (χ3v) is 5.18. The minimum Gasteiger partial charge on any atom is -0.381 e. The molecule has 27 heavy (non-hydrogen) atoms. The van der Waals surface area contributed by atoms with Crippen molar-refractivity contribution in [3.63, 3.8) is 0 Å². The summed E-state index contributed by atoms with van der Waals surface area (Å²) in [7, 11) is 0. The van der Waals surface area contributed by atoms with Crippen LogP contribution in [0.25, 0.3) is 0 Å². The van der Waals surface area contributed by atoms with Crippen molar-refractivity contribution < 1.29 is 22.7 Å². The Morgan fingerprint density at radius 2 is 1.89 bits per heavy atom. The molecule has 1 amide bonds. The summed E-state index contributed by atoms with van der Waals surface area (Å²) in [6, 6.07) is 5.00. The topological polar surface area (TPSA) is 77.2 Å². The number of rotatable bonds is 4. The molecule has 0 atom stereocenters. The summed E-state index contributed by atoms with van der Waals surface area (Å²) in [6.07, 6.45) is -1.41. The first-order chi connectivity index (χ1) is 12.3. The lowest BCUT2D eigenvalue weighted by Crippen LogP contribution is -2.54. The van der Waals surface area contributed by atoms with E-state index in [1.165, 1.54) is 23.5 Å². The Morgan fingerprint density at radius 1 is 1.26 bits per heavy atom. The maximum atomic E-state index is 12.6. The van der Waals surface area contributed by atoms with Crippen molar-refractivity contribution in [1.29, 1.82) is 0 Å². The Bertz CT molecular complexity index is 774. The van der Waals surface area contributed by atoms with E-state index in [-0.39, 0.29) is 18.3 Å². The summed E-state index contributed by atoms with van der Waals surface area (Å²) < 4.78 is 43.0. The maximum absolute atomic E-state index is 12.6. The van der Waals surface area contributed by atoms with Gasteiger partial charge in [0.05, 0.1) is 5.56 Å². The molecule has 1 saturated heterocycles. The molecule has 0 spiro atoms. The number of ether oxygens (including phenoxy) is 1. The first kappa shape index (κ1) is 21.6. The van der Waals surface area contributed by atoms with Crippen molar-refractivity contribution in [1.82, 2.24) is 4.98 Å². The lowest BCUT2D eigenvalue weighted by molar-refractivity contribution is -0.137. The van der Waals surface area contributed by atoms with E-state index in [0.29, 0.717) is 37.6 Å². The number of nitrogens with two attached hydrogens (primary N) is 1. The first-order valence-corrected chi connectivity index (χ1v) is 8.87. The molecule has 0 bridgehead atoms. The summed E-state index contributed by atoms with van der Waals surface area (Å²) >= 11 is 1.28. The van der Waals surface area contributed by atoms with Gasteiger partial charge in [0.2, 0.25) is 5.91 Å². The predicted molar refractivity (Wildman–Crippen MR) is 99.2 cm³/mol. The van der Waals surface area contributed by atoms with E-state index >= 15 is 0 Å². The van der Waals surface area contributed by atoms with E-state index in [0.717, 1.165) is 22.6 Å². The van der Waals surface area contributed by atoms with Gasteiger partial charge in [-0.1, -0.05) is 12.1 Å². The lowest BCUT2D eigenvalue weighted by atomic mass is 9.90. The second-order valence-electron chi connectivity index (χ2n) is 6.23. The van der Waals surface area contributed by atoms with Gasteiger partial charge in [0.15, 0.2) is 5.13 Å². The van der Waals surface area contributed by atoms with Crippen LogP contribution in [0.15, 0.2) is 30.5 Å². The van der Waals surface area contributed by atoms with Crippen molar-refractivity contribution in [3.8, 4) is 0 Å². The fourth-order valence-corrected chi connectivity index (χ4v) is 3.49. The molecular formula is C17H19ClF3N3O2S. The van der Waals surface area contributed by atoms with Gasteiger partial charge in [-0.3, -0.25) is 4.79 Å². The predicted octanol–water partition coefficient (Wildman–Crippen LogP) is 3.62. The third-order valence-electron chi connectivity index (χ3n) is 4.27. The molecule has 1 aliphatic heterocycles. The molecule has 2 heterocycles. The number of carbonyl (C=O) groups is 1. The number of amides is 1. The number of alkyl halides is 3. The highest BCUT2D eigenvalue weighted by molar-refractivity contribution is 7.15. The van der Waals surface area contributed by atoms with E-state index in [1.54, 1.807) is 6.20 Å². The highest BCUT2D eigenvalue weighted by Crippen LogP contribution is 2.30. The van der Waals surface area contributed by atoms with Crippen LogP contribution in [0.2, 0.25) is 0 Å². The van der Waals surface area contributed by atoms with Gasteiger partial charge < -0.3 is 15.8 Å². The molecule has 1 aromatic carbocycles. The van der Waals surface area contributed by atoms with Gasteiger partial charge in [0.1, 0.15) is 5.54 Å². The molecule has 1 fully saturated rings. The highest BCUT2D eigenvalue weighted by atomic mass is 35.5. The van der Waals surface area contributed by atoms with E-state index < -0.39 is 17.3 Å². The standard InChI is InChI=1S/C17H18F3N3O2S.ClH/c18-17(19,20)12-3-1-11(2-4-12)9-13-10-22-15(26-13)23-14(24)16(21)5-7-25-8-6-16;/h1-4,10H,5-9,21H2,(H,22,23,24);1H. The number of halogens is 4. The van der Waals surface area contributed by atoms with Gasteiger partial charge >= 0.3 is 6.18 Å². The molecule has 3 rings (SSSR count). The van der Waals surface area contributed by atoms with Crippen LogP contribution in [0.3, 0.4) is 0 Å². The number of hydrogen-bond donors (Lipinski definition) is 2. The summed E-state index contributed by atoms with van der Waals surface area (Å²) in [4.78, 5) is 17.3. The summed E-state index contributed by atoms with van der Waals surface area (Å²) in [5, 5.41) is 3.15. The minimum absolute atomic E-state index is 0. The largest absolute Gasteiger partial charge is 0.416 e. The van der Waals surface area contributed by atoms with Gasteiger partial charge in [0, 0.05) is 30.7 Å². The third kappa shape index (κ3) is 5.41. The van der Waals surface area contributed by atoms with Crippen LogP contribution < -0.4 is 11.1 Å². The van der Waals surface area contributed by atoms with E-state index in [4.69, 9.17) is 10.5 Å². The number of nitrogens with one attached hydrogen (secondary N) is 1. The first-order valence-electron chi connectivity index (χ1n) is 8.05. The zero-order valence-corrected chi connectivity index (χ0v) is 15.8. The molecule has 0 unspecified atom stereocenters. The minimum atomic E-state index is -4.34. The second-order valence-corrected chi connectivity index (χ2v) is 7.34. The molecule has 1 aliphatic rings. The summed E-state index contributed by atoms with van der Waals surface area (Å²) in [5.41, 5.74) is 5.22. The van der Waals surface area contributed by atoms with Gasteiger partial charge in [-0.05, 0) is 30.5 Å². The van der Waals surface area contributed by atoms with E-state index in [1.807, 2.05) is 0 Å². The Kier molecular flexibility index (Phi) is 6.85. The number of carbonyl (C=O) groups excluding carboxylic acids is 1.